The number of carbonyl (C=O) groups is 2. The van der Waals surface area contributed by atoms with Gasteiger partial charge in [0.05, 0.1) is 6.42 Å². The highest BCUT2D eigenvalue weighted by molar-refractivity contribution is 6.34. The predicted molar refractivity (Wildman–Crippen MR) is 82.9 cm³/mol. The molecule has 0 saturated heterocycles. The van der Waals surface area contributed by atoms with Gasteiger partial charge in [-0.25, -0.2) is 9.80 Å². The van der Waals surface area contributed by atoms with Gasteiger partial charge >= 0.3 is 5.97 Å². The number of nitrogens with zero attached hydrogens (tertiary/aromatic N) is 2. The summed E-state index contributed by atoms with van der Waals surface area (Å²) < 4.78 is 5.65. The van der Waals surface area contributed by atoms with E-state index in [0.29, 0.717) is 5.76 Å². The van der Waals surface area contributed by atoms with Crippen LogP contribution in [-0.2, 0) is 16.0 Å². The van der Waals surface area contributed by atoms with Gasteiger partial charge in [-0.3, -0.25) is 4.79 Å². The minimum atomic E-state index is -1.15. The van der Waals surface area contributed by atoms with Gasteiger partial charge in [-0.1, -0.05) is 11.6 Å². The van der Waals surface area contributed by atoms with Crippen molar-refractivity contribution in [2.75, 3.05) is 7.05 Å². The van der Waals surface area contributed by atoms with Crippen LogP contribution in [0.15, 0.2) is 27.7 Å². The predicted octanol–water partition coefficient (Wildman–Crippen LogP) is 2.51. The Morgan fingerprint density at radius 1 is 1.32 bits per heavy atom. The number of hydrogen-bond acceptors (Lipinski definition) is 4. The summed E-state index contributed by atoms with van der Waals surface area (Å²) in [4.78, 5) is 23.0. The van der Waals surface area contributed by atoms with E-state index in [4.69, 9.17) is 9.52 Å². The first-order chi connectivity index (χ1) is 10.3. The van der Waals surface area contributed by atoms with Gasteiger partial charge in [-0.2, -0.15) is 5.10 Å². The Kier molecular flexibility index (Phi) is 4.30. The third kappa shape index (κ3) is 3.16. The first-order valence-electron chi connectivity index (χ1n) is 6.83. The van der Waals surface area contributed by atoms with Crippen molar-refractivity contribution in [2.45, 2.75) is 27.2 Å². The maximum absolute atomic E-state index is 12.2. The molecule has 0 bridgehead atoms. The number of hydrogen-bond donors (Lipinski definition) is 1. The fraction of sp³-hybridized carbons (Fsp3) is 0.312. The minimum absolute atomic E-state index is 0.106. The van der Waals surface area contributed by atoms with Gasteiger partial charge in [0.15, 0.2) is 0 Å². The third-order valence-electron chi connectivity index (χ3n) is 3.45. The second kappa shape index (κ2) is 6.01. The Balaban J connectivity index is 2.29. The van der Waals surface area contributed by atoms with Crippen LogP contribution in [0.1, 0.15) is 23.8 Å². The van der Waals surface area contributed by atoms with Crippen LogP contribution in [0.2, 0.25) is 0 Å². The van der Waals surface area contributed by atoms with Crippen molar-refractivity contribution in [1.29, 1.82) is 0 Å². The molecule has 22 heavy (non-hydrogen) atoms. The lowest BCUT2D eigenvalue weighted by Crippen LogP contribution is -2.26. The molecule has 6 nitrogen and oxygen atoms in total. The first kappa shape index (κ1) is 15.8. The zero-order valence-corrected chi connectivity index (χ0v) is 13.0. The smallest absolute Gasteiger partial charge is 0.351 e. The van der Waals surface area contributed by atoms with Crippen LogP contribution in [0, 0.1) is 13.8 Å². The SMILES string of the molecule is CC(=NN(C)C(=O)Cc1c(C)oc2ccc(C)cc12)C(=O)O. The van der Waals surface area contributed by atoms with Gasteiger partial charge in [0.2, 0.25) is 5.91 Å². The van der Waals surface area contributed by atoms with E-state index in [-0.39, 0.29) is 18.0 Å². The highest BCUT2D eigenvalue weighted by Crippen LogP contribution is 2.27. The number of carboxylic acids is 1. The molecule has 6 heteroatoms. The summed E-state index contributed by atoms with van der Waals surface area (Å²) in [6.45, 7) is 5.12. The van der Waals surface area contributed by atoms with Gasteiger partial charge in [0.25, 0.3) is 0 Å². The Hall–Kier alpha value is -2.63. The van der Waals surface area contributed by atoms with Crippen LogP contribution in [0.5, 0.6) is 0 Å². The van der Waals surface area contributed by atoms with Crippen molar-refractivity contribution < 1.29 is 19.1 Å². The molecule has 0 aliphatic heterocycles. The van der Waals surface area contributed by atoms with Crippen molar-refractivity contribution in [3.8, 4) is 0 Å². The minimum Gasteiger partial charge on any atom is -0.477 e. The molecule has 1 amide bonds. The molecule has 0 saturated carbocycles. The van der Waals surface area contributed by atoms with E-state index in [1.165, 1.54) is 14.0 Å². The number of likely N-dealkylation sites (N-methyl/N-ethyl adjacent to an activating group) is 1. The molecule has 0 spiro atoms. The molecule has 1 heterocycles. The van der Waals surface area contributed by atoms with Gasteiger partial charge < -0.3 is 9.52 Å². The Morgan fingerprint density at radius 2 is 2.00 bits per heavy atom. The maximum Gasteiger partial charge on any atom is 0.351 e. The molecule has 116 valence electrons. The van der Waals surface area contributed by atoms with Crippen molar-refractivity contribution in [3.63, 3.8) is 0 Å². The molecule has 0 unspecified atom stereocenters. The molecule has 0 aliphatic carbocycles. The molecule has 0 atom stereocenters. The van der Waals surface area contributed by atoms with Crippen molar-refractivity contribution >= 4 is 28.6 Å². The fourth-order valence-corrected chi connectivity index (χ4v) is 2.19. The van der Waals surface area contributed by atoms with Crippen LogP contribution in [0.3, 0.4) is 0 Å². The van der Waals surface area contributed by atoms with Crippen LogP contribution in [0.25, 0.3) is 11.0 Å². The van der Waals surface area contributed by atoms with Gasteiger partial charge in [0.1, 0.15) is 17.1 Å². The van der Waals surface area contributed by atoms with E-state index in [2.05, 4.69) is 5.10 Å². The molecular weight excluding hydrogens is 284 g/mol. The lowest BCUT2D eigenvalue weighted by atomic mass is 10.1. The molecular formula is C16H18N2O4. The molecule has 0 fully saturated rings. The molecule has 1 aromatic heterocycles. The second-order valence-electron chi connectivity index (χ2n) is 5.22. The summed E-state index contributed by atoms with van der Waals surface area (Å²) in [7, 11) is 1.44. The molecule has 2 rings (SSSR count). The number of carbonyl (C=O) groups excluding carboxylic acids is 1. The number of aliphatic carboxylic acids is 1. The summed E-state index contributed by atoms with van der Waals surface area (Å²) in [6.07, 6.45) is 0.106. The third-order valence-corrected chi connectivity index (χ3v) is 3.45. The molecule has 1 aromatic carbocycles. The molecule has 2 aromatic rings. The van der Waals surface area contributed by atoms with Crippen molar-refractivity contribution in [3.05, 3.63) is 35.1 Å². The van der Waals surface area contributed by atoms with E-state index in [1.54, 1.807) is 0 Å². The zero-order chi connectivity index (χ0) is 16.4. The summed E-state index contributed by atoms with van der Waals surface area (Å²) in [5, 5.41) is 14.5. The average Bonchev–Trinajstić information content (AvgIpc) is 2.74. The van der Waals surface area contributed by atoms with Crippen LogP contribution >= 0.6 is 0 Å². The summed E-state index contributed by atoms with van der Waals surface area (Å²) >= 11 is 0. The van der Waals surface area contributed by atoms with Crippen LogP contribution < -0.4 is 0 Å². The maximum atomic E-state index is 12.2. The van der Waals surface area contributed by atoms with E-state index in [1.807, 2.05) is 32.0 Å². The fourth-order valence-electron chi connectivity index (χ4n) is 2.19. The summed E-state index contributed by atoms with van der Waals surface area (Å²) in [5.41, 5.74) is 2.48. The Bertz CT molecular complexity index is 774. The summed E-state index contributed by atoms with van der Waals surface area (Å²) in [5.74, 6) is -0.769. The Labute approximate surface area is 128 Å². The first-order valence-corrected chi connectivity index (χ1v) is 6.83. The number of furan rings is 1. The molecule has 0 aliphatic rings. The number of rotatable bonds is 4. The molecule has 0 radical (unpaired) electrons. The number of amides is 1. The number of hydrazone groups is 1. The normalized spacial score (nSPS) is 11.7. The van der Waals surface area contributed by atoms with E-state index < -0.39 is 5.97 Å². The van der Waals surface area contributed by atoms with Crippen LogP contribution in [0.4, 0.5) is 0 Å². The highest BCUT2D eigenvalue weighted by atomic mass is 16.4. The lowest BCUT2D eigenvalue weighted by molar-refractivity contribution is -0.130. The number of fused-ring (bicyclic) bond motifs is 1. The van der Waals surface area contributed by atoms with Crippen LogP contribution in [-0.4, -0.2) is 34.8 Å². The van der Waals surface area contributed by atoms with Gasteiger partial charge in [-0.15, -0.1) is 0 Å². The second-order valence-corrected chi connectivity index (χ2v) is 5.22. The Morgan fingerprint density at radius 3 is 2.64 bits per heavy atom. The van der Waals surface area contributed by atoms with E-state index in [0.717, 1.165) is 27.1 Å². The monoisotopic (exact) mass is 302 g/mol. The number of carboxylic acid groups (broad SMARTS) is 1. The number of aryl methyl sites for hydroxylation is 2. The summed E-state index contributed by atoms with van der Waals surface area (Å²) in [6, 6.07) is 5.80. The number of benzene rings is 1. The van der Waals surface area contributed by atoms with Gasteiger partial charge in [0, 0.05) is 18.0 Å². The molecule has 1 N–H and O–H groups in total. The largest absolute Gasteiger partial charge is 0.477 e. The average molecular weight is 302 g/mol. The van der Waals surface area contributed by atoms with E-state index in [9.17, 15) is 9.59 Å². The van der Waals surface area contributed by atoms with Crippen molar-refractivity contribution in [2.24, 2.45) is 5.10 Å². The standard InChI is InChI=1S/C16H18N2O4/c1-9-5-6-14-13(7-9)12(11(3)22-14)8-15(19)18(4)17-10(2)16(20)21/h5-7H,8H2,1-4H3,(H,20,21). The van der Waals surface area contributed by atoms with E-state index >= 15 is 0 Å². The topological polar surface area (TPSA) is 83.1 Å². The quantitative estimate of drug-likeness (QED) is 0.695. The lowest BCUT2D eigenvalue weighted by Gasteiger charge is -2.11. The van der Waals surface area contributed by atoms with Gasteiger partial charge in [-0.05, 0) is 32.9 Å². The van der Waals surface area contributed by atoms with Crippen molar-refractivity contribution in [1.82, 2.24) is 5.01 Å². The zero-order valence-electron chi connectivity index (χ0n) is 13.0. The highest BCUT2D eigenvalue weighted by Gasteiger charge is 2.17.